The average Bonchev–Trinajstić information content (AvgIpc) is 3.14. The number of nitrogens with zero attached hydrogens (tertiary/aromatic N) is 3. The van der Waals surface area contributed by atoms with Gasteiger partial charge in [-0.1, -0.05) is 135 Å². The molecule has 3 heterocycles. The lowest BCUT2D eigenvalue weighted by molar-refractivity contribution is 0.632. The van der Waals surface area contributed by atoms with Gasteiger partial charge in [0.25, 0.3) is 0 Å². The van der Waals surface area contributed by atoms with E-state index in [1.165, 1.54) is 33.6 Å². The Morgan fingerprint density at radius 3 is 1.90 bits per heavy atom. The molecule has 0 saturated carbocycles. The molecule has 6 aromatic rings. The van der Waals surface area contributed by atoms with Crippen LogP contribution in [-0.2, 0) is 5.41 Å². The molecule has 0 aliphatic carbocycles. The maximum absolute atomic E-state index is 5.42. The summed E-state index contributed by atoms with van der Waals surface area (Å²) in [5, 5.41) is 0. The van der Waals surface area contributed by atoms with Crippen molar-refractivity contribution < 1.29 is 0 Å². The molecule has 0 spiro atoms. The van der Waals surface area contributed by atoms with Crippen LogP contribution >= 0.6 is 0 Å². The molecule has 3 nitrogen and oxygen atoms in total. The van der Waals surface area contributed by atoms with Crippen LogP contribution in [0.5, 0.6) is 0 Å². The first-order valence-corrected chi connectivity index (χ1v) is 13.8. The third-order valence-corrected chi connectivity index (χ3v) is 8.42. The Morgan fingerprint density at radius 1 is 0.525 bits per heavy atom. The molecular formula is C37H27N3. The van der Waals surface area contributed by atoms with E-state index in [2.05, 4.69) is 128 Å². The largest absolute Gasteiger partial charge is 0.293 e. The number of anilines is 3. The minimum absolute atomic E-state index is 0.171. The van der Waals surface area contributed by atoms with Crippen molar-refractivity contribution in [2.75, 3.05) is 4.90 Å². The monoisotopic (exact) mass is 513 g/mol. The van der Waals surface area contributed by atoms with E-state index in [4.69, 9.17) is 9.97 Å². The van der Waals surface area contributed by atoms with Crippen molar-refractivity contribution in [3.8, 4) is 44.9 Å². The molecule has 0 N–H and O–H groups in total. The van der Waals surface area contributed by atoms with Gasteiger partial charge in [0.1, 0.15) is 5.82 Å². The lowest BCUT2D eigenvalue weighted by atomic mass is 9.72. The van der Waals surface area contributed by atoms with E-state index < -0.39 is 0 Å². The lowest BCUT2D eigenvalue weighted by Gasteiger charge is -2.42. The van der Waals surface area contributed by atoms with Crippen molar-refractivity contribution in [3.63, 3.8) is 0 Å². The summed E-state index contributed by atoms with van der Waals surface area (Å²) in [6.45, 7) is 4.67. The van der Waals surface area contributed by atoms with Crippen LogP contribution in [0.2, 0.25) is 0 Å². The van der Waals surface area contributed by atoms with Gasteiger partial charge in [0.05, 0.1) is 22.6 Å². The summed E-state index contributed by atoms with van der Waals surface area (Å²) in [5.74, 6) is 1.63. The molecule has 0 saturated heterocycles. The van der Waals surface area contributed by atoms with Gasteiger partial charge in [0.2, 0.25) is 0 Å². The van der Waals surface area contributed by atoms with E-state index >= 15 is 0 Å². The maximum atomic E-state index is 5.42. The second-order valence-electron chi connectivity index (χ2n) is 11.1. The topological polar surface area (TPSA) is 29.0 Å². The first-order chi connectivity index (χ1) is 19.6. The molecule has 0 unspecified atom stereocenters. The van der Waals surface area contributed by atoms with Crippen LogP contribution in [0.15, 0.2) is 127 Å². The highest BCUT2D eigenvalue weighted by atomic mass is 15.2. The second-order valence-corrected chi connectivity index (χ2v) is 11.1. The standard InChI is InChI=1S/C37H27N3/c1-37(2)29-21-11-12-23-31(29)40-34-28(20-13-22-30(34)37)26-18-9-10-19-27(26)32-33(24-14-5-3-6-15-24)38-35(39-36(32)40)25-16-7-4-8-17-25/h3-23H,1-2H3. The molecule has 1 aromatic heterocycles. The van der Waals surface area contributed by atoms with E-state index in [1.54, 1.807) is 0 Å². The molecule has 190 valence electrons. The number of benzene rings is 5. The molecule has 0 radical (unpaired) electrons. The summed E-state index contributed by atoms with van der Waals surface area (Å²) in [6.07, 6.45) is 0. The molecule has 0 amide bonds. The highest BCUT2D eigenvalue weighted by molar-refractivity contribution is 6.07. The first kappa shape index (κ1) is 22.9. The van der Waals surface area contributed by atoms with Crippen LogP contribution in [0.1, 0.15) is 25.0 Å². The van der Waals surface area contributed by atoms with E-state index in [9.17, 15) is 0 Å². The van der Waals surface area contributed by atoms with Gasteiger partial charge in [-0.25, -0.2) is 9.97 Å². The van der Waals surface area contributed by atoms with Gasteiger partial charge >= 0.3 is 0 Å². The normalized spacial score (nSPS) is 13.9. The van der Waals surface area contributed by atoms with Gasteiger partial charge < -0.3 is 0 Å². The van der Waals surface area contributed by atoms with Crippen LogP contribution in [-0.4, -0.2) is 9.97 Å². The summed E-state index contributed by atoms with van der Waals surface area (Å²) < 4.78 is 0. The Labute approximate surface area is 234 Å². The van der Waals surface area contributed by atoms with Gasteiger partial charge in [-0.2, -0.15) is 0 Å². The average molecular weight is 514 g/mol. The second kappa shape index (κ2) is 8.49. The molecular weight excluding hydrogens is 486 g/mol. The predicted octanol–water partition coefficient (Wildman–Crippen LogP) is 9.57. The van der Waals surface area contributed by atoms with Crippen molar-refractivity contribution in [1.29, 1.82) is 0 Å². The van der Waals surface area contributed by atoms with E-state index in [0.29, 0.717) is 0 Å². The van der Waals surface area contributed by atoms with Crippen LogP contribution in [0.25, 0.3) is 44.9 Å². The molecule has 3 heteroatoms. The highest BCUT2D eigenvalue weighted by Gasteiger charge is 2.41. The van der Waals surface area contributed by atoms with Crippen molar-refractivity contribution in [3.05, 3.63) is 139 Å². The maximum Gasteiger partial charge on any atom is 0.162 e. The van der Waals surface area contributed by atoms with Crippen molar-refractivity contribution in [2.24, 2.45) is 0 Å². The minimum Gasteiger partial charge on any atom is -0.293 e. The molecule has 2 aliphatic heterocycles. The minimum atomic E-state index is -0.171. The molecule has 5 aromatic carbocycles. The van der Waals surface area contributed by atoms with E-state index in [0.717, 1.165) is 39.6 Å². The summed E-state index contributed by atoms with van der Waals surface area (Å²) in [6, 6.07) is 45.1. The number of para-hydroxylation sites is 2. The summed E-state index contributed by atoms with van der Waals surface area (Å²) in [5.41, 5.74) is 12.4. The van der Waals surface area contributed by atoms with E-state index in [-0.39, 0.29) is 5.41 Å². The van der Waals surface area contributed by atoms with Gasteiger partial charge in [-0.05, 0) is 28.3 Å². The number of rotatable bonds is 2. The number of aromatic nitrogens is 2. The van der Waals surface area contributed by atoms with Crippen molar-refractivity contribution >= 4 is 17.2 Å². The van der Waals surface area contributed by atoms with Crippen LogP contribution in [0, 0.1) is 0 Å². The fourth-order valence-electron chi connectivity index (χ4n) is 6.50. The Hall–Kier alpha value is -5.02. The fourth-order valence-corrected chi connectivity index (χ4v) is 6.50. The Kier molecular flexibility index (Phi) is 4.86. The predicted molar refractivity (Wildman–Crippen MR) is 164 cm³/mol. The number of hydrogen-bond acceptors (Lipinski definition) is 3. The summed E-state index contributed by atoms with van der Waals surface area (Å²) >= 11 is 0. The zero-order valence-corrected chi connectivity index (χ0v) is 22.5. The SMILES string of the molecule is CC1(C)c2ccccc2N2c3nc(-c4ccccc4)nc(-c4ccccc4)c3-c3ccccc3-c3cccc1c32. The fraction of sp³-hybridized carbons (Fsp3) is 0.0811. The number of fused-ring (bicyclic) bond motifs is 7. The number of hydrogen-bond donors (Lipinski definition) is 0. The Bertz CT molecular complexity index is 1920. The molecule has 0 bridgehead atoms. The summed E-state index contributed by atoms with van der Waals surface area (Å²) in [7, 11) is 0. The molecule has 2 aliphatic rings. The molecule has 0 atom stereocenters. The molecule has 8 rings (SSSR count). The molecule has 0 fully saturated rings. The Balaban J connectivity index is 1.59. The first-order valence-electron chi connectivity index (χ1n) is 13.8. The highest BCUT2D eigenvalue weighted by Crippen LogP contribution is 2.59. The smallest absolute Gasteiger partial charge is 0.162 e. The zero-order valence-electron chi connectivity index (χ0n) is 22.5. The van der Waals surface area contributed by atoms with Gasteiger partial charge in [-0.3, -0.25) is 4.90 Å². The quantitative estimate of drug-likeness (QED) is 0.230. The van der Waals surface area contributed by atoms with E-state index in [1.807, 2.05) is 18.2 Å². The van der Waals surface area contributed by atoms with Crippen molar-refractivity contribution in [1.82, 2.24) is 9.97 Å². The van der Waals surface area contributed by atoms with Crippen LogP contribution in [0.3, 0.4) is 0 Å². The zero-order chi connectivity index (χ0) is 26.8. The van der Waals surface area contributed by atoms with Crippen LogP contribution < -0.4 is 4.90 Å². The third-order valence-electron chi connectivity index (χ3n) is 8.42. The van der Waals surface area contributed by atoms with Gasteiger partial charge in [-0.15, -0.1) is 0 Å². The lowest BCUT2D eigenvalue weighted by Crippen LogP contribution is -2.31. The third kappa shape index (κ3) is 3.18. The van der Waals surface area contributed by atoms with Crippen LogP contribution in [0.4, 0.5) is 17.2 Å². The summed E-state index contributed by atoms with van der Waals surface area (Å²) in [4.78, 5) is 13.1. The van der Waals surface area contributed by atoms with Crippen molar-refractivity contribution in [2.45, 2.75) is 19.3 Å². The van der Waals surface area contributed by atoms with Gasteiger partial charge in [0, 0.05) is 22.1 Å². The molecule has 40 heavy (non-hydrogen) atoms. The Morgan fingerprint density at radius 2 is 1.12 bits per heavy atom. The van der Waals surface area contributed by atoms with Gasteiger partial charge in [0.15, 0.2) is 5.82 Å².